The second-order valence-electron chi connectivity index (χ2n) is 8.07. The fourth-order valence-corrected chi connectivity index (χ4v) is 6.06. The van der Waals surface area contributed by atoms with Crippen molar-refractivity contribution in [3.05, 3.63) is 29.8 Å². The molecular formula is C20H25N3O5S. The Kier molecular flexibility index (Phi) is 5.33. The first kappa shape index (κ1) is 19.9. The first-order valence-electron chi connectivity index (χ1n) is 10.0. The highest BCUT2D eigenvalue weighted by molar-refractivity contribution is 7.91. The summed E-state index contributed by atoms with van der Waals surface area (Å²) in [7, 11) is -3.09. The van der Waals surface area contributed by atoms with Gasteiger partial charge in [-0.15, -0.1) is 0 Å². The van der Waals surface area contributed by atoms with Gasteiger partial charge in [0.15, 0.2) is 9.84 Å². The van der Waals surface area contributed by atoms with Crippen LogP contribution in [0.25, 0.3) is 0 Å². The molecule has 2 atom stereocenters. The predicted molar refractivity (Wildman–Crippen MR) is 107 cm³/mol. The Labute approximate surface area is 170 Å². The molecule has 1 N–H and O–H groups in total. The topological polar surface area (TPSA) is 104 Å². The lowest BCUT2D eigenvalue weighted by Gasteiger charge is -2.23. The van der Waals surface area contributed by atoms with Gasteiger partial charge in [0.1, 0.15) is 0 Å². The molecular weight excluding hydrogens is 394 g/mol. The van der Waals surface area contributed by atoms with E-state index in [1.54, 1.807) is 29.2 Å². The summed E-state index contributed by atoms with van der Waals surface area (Å²) in [5.74, 6) is -0.847. The van der Waals surface area contributed by atoms with Crippen molar-refractivity contribution < 1.29 is 22.8 Å². The van der Waals surface area contributed by atoms with Gasteiger partial charge in [0.25, 0.3) is 5.91 Å². The molecule has 0 aromatic heterocycles. The number of likely N-dealkylation sites (tertiary alicyclic amines) is 2. The number of rotatable bonds is 4. The summed E-state index contributed by atoms with van der Waals surface area (Å²) < 4.78 is 23.4. The number of nitrogens with one attached hydrogen (secondary N) is 1. The van der Waals surface area contributed by atoms with Gasteiger partial charge < -0.3 is 15.1 Å². The third-order valence-corrected chi connectivity index (χ3v) is 7.72. The minimum atomic E-state index is -3.09. The average Bonchev–Trinajstić information content (AvgIpc) is 3.41. The van der Waals surface area contributed by atoms with Crippen molar-refractivity contribution in [2.24, 2.45) is 5.92 Å². The molecule has 3 heterocycles. The monoisotopic (exact) mass is 419 g/mol. The van der Waals surface area contributed by atoms with E-state index in [1.165, 1.54) is 0 Å². The smallest absolute Gasteiger partial charge is 0.253 e. The van der Waals surface area contributed by atoms with E-state index in [9.17, 15) is 22.8 Å². The van der Waals surface area contributed by atoms with Crippen LogP contribution in [0.15, 0.2) is 24.3 Å². The van der Waals surface area contributed by atoms with Crippen molar-refractivity contribution in [1.29, 1.82) is 0 Å². The summed E-state index contributed by atoms with van der Waals surface area (Å²) in [6, 6.07) is 6.47. The molecule has 0 aliphatic carbocycles. The lowest BCUT2D eigenvalue weighted by atomic mass is 10.1. The number of amides is 3. The van der Waals surface area contributed by atoms with Crippen molar-refractivity contribution in [1.82, 2.24) is 9.80 Å². The van der Waals surface area contributed by atoms with Gasteiger partial charge in [-0.2, -0.15) is 0 Å². The van der Waals surface area contributed by atoms with Crippen molar-refractivity contribution in [3.63, 3.8) is 0 Å². The number of nitrogens with zero attached hydrogens (tertiary/aromatic N) is 2. The summed E-state index contributed by atoms with van der Waals surface area (Å²) in [5.41, 5.74) is 1.16. The maximum Gasteiger partial charge on any atom is 0.253 e. The lowest BCUT2D eigenvalue weighted by molar-refractivity contribution is -0.129. The highest BCUT2D eigenvalue weighted by Crippen LogP contribution is 2.27. The molecule has 1 aromatic carbocycles. The zero-order valence-corrected chi connectivity index (χ0v) is 17.0. The van der Waals surface area contributed by atoms with Gasteiger partial charge in [-0.25, -0.2) is 8.42 Å². The quantitative estimate of drug-likeness (QED) is 0.781. The number of carbonyl (C=O) groups excluding carboxylic acids is 3. The molecule has 156 valence electrons. The molecule has 8 nitrogen and oxygen atoms in total. The lowest BCUT2D eigenvalue weighted by Crippen LogP contribution is -2.38. The number of benzene rings is 1. The number of carbonyl (C=O) groups is 3. The van der Waals surface area contributed by atoms with E-state index in [1.807, 2.05) is 4.90 Å². The normalized spacial score (nSPS) is 26.1. The number of hydrogen-bond acceptors (Lipinski definition) is 5. The van der Waals surface area contributed by atoms with E-state index in [0.717, 1.165) is 25.9 Å². The van der Waals surface area contributed by atoms with Gasteiger partial charge in [0.2, 0.25) is 11.8 Å². The summed E-state index contributed by atoms with van der Waals surface area (Å²) >= 11 is 0. The van der Waals surface area contributed by atoms with Crippen LogP contribution >= 0.6 is 0 Å². The minimum Gasteiger partial charge on any atom is -0.339 e. The Morgan fingerprint density at radius 1 is 1.07 bits per heavy atom. The second kappa shape index (κ2) is 7.78. The van der Waals surface area contributed by atoms with Crippen LogP contribution in [-0.2, 0) is 19.4 Å². The second-order valence-corrected chi connectivity index (χ2v) is 10.3. The maximum absolute atomic E-state index is 12.6. The standard InChI is InChI=1S/C20H25N3O5S/c24-18-11-15(12-23(18)17-7-10-29(27,28)13-17)19(25)21-16-5-3-14(4-6-16)20(26)22-8-1-2-9-22/h3-6,15,17H,1-2,7-13H2,(H,21,25)/t15-,17-/m1/s1. The Bertz CT molecular complexity index is 922. The molecule has 0 bridgehead atoms. The minimum absolute atomic E-state index is 0.00363. The molecule has 1 aromatic rings. The van der Waals surface area contributed by atoms with Crippen molar-refractivity contribution in [2.45, 2.75) is 31.7 Å². The summed E-state index contributed by atoms with van der Waals surface area (Å²) in [4.78, 5) is 40.7. The first-order chi connectivity index (χ1) is 13.8. The fourth-order valence-electron chi connectivity index (χ4n) is 4.32. The van der Waals surface area contributed by atoms with Crippen LogP contribution in [0.1, 0.15) is 36.0 Å². The van der Waals surface area contributed by atoms with E-state index in [-0.39, 0.29) is 48.2 Å². The van der Waals surface area contributed by atoms with Crippen LogP contribution in [0, 0.1) is 5.92 Å². The molecule has 0 saturated carbocycles. The van der Waals surface area contributed by atoms with Crippen LogP contribution in [-0.4, -0.2) is 73.1 Å². The Morgan fingerprint density at radius 3 is 2.38 bits per heavy atom. The highest BCUT2D eigenvalue weighted by atomic mass is 32.2. The number of sulfone groups is 1. The van der Waals surface area contributed by atoms with Gasteiger partial charge in [-0.1, -0.05) is 0 Å². The van der Waals surface area contributed by atoms with E-state index in [2.05, 4.69) is 5.32 Å². The van der Waals surface area contributed by atoms with E-state index < -0.39 is 15.8 Å². The largest absolute Gasteiger partial charge is 0.339 e. The summed E-state index contributed by atoms with van der Waals surface area (Å²) in [6.07, 6.45) is 2.59. The summed E-state index contributed by atoms with van der Waals surface area (Å²) in [6.45, 7) is 1.81. The molecule has 9 heteroatoms. The molecule has 4 rings (SSSR count). The predicted octanol–water partition coefficient (Wildman–Crippen LogP) is 0.897. The first-order valence-corrected chi connectivity index (χ1v) is 11.8. The van der Waals surface area contributed by atoms with Gasteiger partial charge in [0.05, 0.1) is 17.4 Å². The molecule has 3 aliphatic rings. The number of anilines is 1. The van der Waals surface area contributed by atoms with Crippen molar-refractivity contribution >= 4 is 33.2 Å². The molecule has 3 aliphatic heterocycles. The van der Waals surface area contributed by atoms with E-state index in [4.69, 9.17) is 0 Å². The highest BCUT2D eigenvalue weighted by Gasteiger charge is 2.41. The van der Waals surface area contributed by atoms with Gasteiger partial charge in [0, 0.05) is 43.3 Å². The van der Waals surface area contributed by atoms with Crippen LogP contribution in [0.2, 0.25) is 0 Å². The van der Waals surface area contributed by atoms with E-state index in [0.29, 0.717) is 17.7 Å². The third-order valence-electron chi connectivity index (χ3n) is 5.97. The Hall–Kier alpha value is -2.42. The van der Waals surface area contributed by atoms with Crippen molar-refractivity contribution in [3.8, 4) is 0 Å². The Morgan fingerprint density at radius 2 is 1.76 bits per heavy atom. The van der Waals surface area contributed by atoms with Crippen LogP contribution in [0.5, 0.6) is 0 Å². The molecule has 0 spiro atoms. The van der Waals surface area contributed by atoms with Crippen molar-refractivity contribution in [2.75, 3.05) is 36.5 Å². The van der Waals surface area contributed by atoms with Gasteiger partial charge in [-0.05, 0) is 43.5 Å². The van der Waals surface area contributed by atoms with Crippen LogP contribution in [0.4, 0.5) is 5.69 Å². The third kappa shape index (κ3) is 4.29. The maximum atomic E-state index is 12.6. The molecule has 0 unspecified atom stereocenters. The molecule has 0 radical (unpaired) electrons. The zero-order valence-electron chi connectivity index (χ0n) is 16.2. The molecule has 3 fully saturated rings. The van der Waals surface area contributed by atoms with Gasteiger partial charge >= 0.3 is 0 Å². The fraction of sp³-hybridized carbons (Fsp3) is 0.550. The number of hydrogen-bond donors (Lipinski definition) is 1. The van der Waals surface area contributed by atoms with Gasteiger partial charge in [-0.3, -0.25) is 14.4 Å². The Balaban J connectivity index is 1.34. The average molecular weight is 420 g/mol. The zero-order chi connectivity index (χ0) is 20.6. The summed E-state index contributed by atoms with van der Waals surface area (Å²) in [5, 5.41) is 2.81. The molecule has 29 heavy (non-hydrogen) atoms. The molecule has 3 saturated heterocycles. The van der Waals surface area contributed by atoms with Crippen LogP contribution < -0.4 is 5.32 Å². The SMILES string of the molecule is O=C(Nc1ccc(C(=O)N2CCCC2)cc1)[C@@H]1CC(=O)N([C@@H]2CCS(=O)(=O)C2)C1. The van der Waals surface area contributed by atoms with Crippen LogP contribution in [0.3, 0.4) is 0 Å². The van der Waals surface area contributed by atoms with E-state index >= 15 is 0 Å². The molecule has 3 amide bonds.